The summed E-state index contributed by atoms with van der Waals surface area (Å²) in [6, 6.07) is 17.9. The Hall–Kier alpha value is -2.63. The summed E-state index contributed by atoms with van der Waals surface area (Å²) >= 11 is 7.53. The average Bonchev–Trinajstić information content (AvgIpc) is 3.26. The Balaban J connectivity index is 1.64. The number of rotatable bonds is 5. The van der Waals surface area contributed by atoms with Crippen molar-refractivity contribution in [2.75, 3.05) is 7.05 Å². The van der Waals surface area contributed by atoms with E-state index in [-0.39, 0.29) is 11.7 Å². The molecule has 0 aliphatic rings. The minimum atomic E-state index is -0.279. The predicted octanol–water partition coefficient (Wildman–Crippen LogP) is 5.82. The van der Waals surface area contributed by atoms with Gasteiger partial charge < -0.3 is 9.47 Å². The highest BCUT2D eigenvalue weighted by Gasteiger charge is 2.20. The highest BCUT2D eigenvalue weighted by atomic mass is 35.5. The molecule has 0 spiro atoms. The van der Waals surface area contributed by atoms with Gasteiger partial charge in [0.15, 0.2) is 0 Å². The zero-order valence-electron chi connectivity index (χ0n) is 15.2. The summed E-state index contributed by atoms with van der Waals surface area (Å²) in [5, 5.41) is 2.67. The van der Waals surface area contributed by atoms with E-state index in [2.05, 4.69) is 0 Å². The van der Waals surface area contributed by atoms with Gasteiger partial charge in [0.25, 0.3) is 5.91 Å². The molecule has 4 rings (SSSR count). The number of benzene rings is 2. The Morgan fingerprint density at radius 3 is 2.64 bits per heavy atom. The second-order valence-corrected chi connectivity index (χ2v) is 8.09. The fourth-order valence-electron chi connectivity index (χ4n) is 3.27. The van der Waals surface area contributed by atoms with E-state index in [1.807, 2.05) is 52.4 Å². The highest BCUT2D eigenvalue weighted by Crippen LogP contribution is 2.27. The van der Waals surface area contributed by atoms with Crippen LogP contribution in [0.15, 0.2) is 66.0 Å². The maximum Gasteiger partial charge on any atom is 0.270 e. The van der Waals surface area contributed by atoms with Crippen LogP contribution in [0.25, 0.3) is 10.2 Å². The van der Waals surface area contributed by atoms with E-state index in [4.69, 9.17) is 11.6 Å². The predicted molar refractivity (Wildman–Crippen MR) is 113 cm³/mol. The molecule has 2 heterocycles. The van der Waals surface area contributed by atoms with Crippen LogP contribution < -0.4 is 0 Å². The van der Waals surface area contributed by atoms with Crippen molar-refractivity contribution in [3.63, 3.8) is 0 Å². The number of hydrogen-bond acceptors (Lipinski definition) is 2. The molecule has 0 aliphatic carbocycles. The molecule has 6 heteroatoms. The van der Waals surface area contributed by atoms with Gasteiger partial charge in [-0.05, 0) is 52.9 Å². The number of thiophene rings is 1. The third kappa shape index (κ3) is 3.81. The van der Waals surface area contributed by atoms with Crippen LogP contribution in [0, 0.1) is 5.82 Å². The monoisotopic (exact) mass is 412 g/mol. The number of fused-ring (bicyclic) bond motifs is 1. The van der Waals surface area contributed by atoms with Crippen LogP contribution in [0.4, 0.5) is 4.39 Å². The summed E-state index contributed by atoms with van der Waals surface area (Å²) in [7, 11) is 1.78. The van der Waals surface area contributed by atoms with Gasteiger partial charge in [-0.25, -0.2) is 4.39 Å². The van der Waals surface area contributed by atoms with Crippen molar-refractivity contribution in [1.82, 2.24) is 9.47 Å². The maximum absolute atomic E-state index is 13.6. The normalized spacial score (nSPS) is 11.1. The zero-order chi connectivity index (χ0) is 19.7. The Bertz CT molecular complexity index is 1130. The summed E-state index contributed by atoms with van der Waals surface area (Å²) in [4.78, 5) is 14.9. The van der Waals surface area contributed by atoms with Crippen LogP contribution in [0.3, 0.4) is 0 Å². The average molecular weight is 413 g/mol. The van der Waals surface area contributed by atoms with Crippen LogP contribution in [0.2, 0.25) is 5.02 Å². The van der Waals surface area contributed by atoms with Crippen molar-refractivity contribution in [1.29, 1.82) is 0 Å². The molecule has 0 N–H and O–H groups in total. The van der Waals surface area contributed by atoms with E-state index >= 15 is 0 Å². The molecule has 0 bridgehead atoms. The number of halogens is 2. The molecule has 4 aromatic rings. The molecule has 1 amide bonds. The first-order valence-corrected chi connectivity index (χ1v) is 10.1. The van der Waals surface area contributed by atoms with Gasteiger partial charge in [-0.1, -0.05) is 35.9 Å². The van der Waals surface area contributed by atoms with E-state index in [9.17, 15) is 9.18 Å². The van der Waals surface area contributed by atoms with Crippen LogP contribution in [0.5, 0.6) is 0 Å². The van der Waals surface area contributed by atoms with Crippen LogP contribution in [0.1, 0.15) is 21.6 Å². The first-order chi connectivity index (χ1) is 13.5. The van der Waals surface area contributed by atoms with E-state index in [1.54, 1.807) is 29.4 Å². The van der Waals surface area contributed by atoms with Crippen molar-refractivity contribution in [3.8, 4) is 0 Å². The minimum absolute atomic E-state index is 0.0743. The molecule has 0 fully saturated rings. The Labute approximate surface area is 171 Å². The topological polar surface area (TPSA) is 25.2 Å². The molecular weight excluding hydrogens is 395 g/mol. The van der Waals surface area contributed by atoms with Gasteiger partial charge in [0, 0.05) is 25.2 Å². The number of carbonyl (C=O) groups is 1. The maximum atomic E-state index is 13.6. The summed E-state index contributed by atoms with van der Waals surface area (Å²) in [5.41, 5.74) is 3.41. The second kappa shape index (κ2) is 7.78. The molecule has 2 aromatic heterocycles. The van der Waals surface area contributed by atoms with Gasteiger partial charge in [-0.3, -0.25) is 4.79 Å². The first kappa shape index (κ1) is 18.7. The molecule has 0 atom stereocenters. The van der Waals surface area contributed by atoms with Gasteiger partial charge in [0.2, 0.25) is 0 Å². The van der Waals surface area contributed by atoms with Gasteiger partial charge in [-0.15, -0.1) is 11.3 Å². The molecular formula is C22H18ClFN2OS. The van der Waals surface area contributed by atoms with E-state index in [0.29, 0.717) is 23.8 Å². The van der Waals surface area contributed by atoms with Gasteiger partial charge in [0.1, 0.15) is 11.5 Å². The lowest BCUT2D eigenvalue weighted by Gasteiger charge is -2.19. The quantitative estimate of drug-likeness (QED) is 0.405. The highest BCUT2D eigenvalue weighted by molar-refractivity contribution is 7.17. The minimum Gasteiger partial charge on any atom is -0.336 e. The lowest BCUT2D eigenvalue weighted by molar-refractivity contribution is 0.0775. The fraction of sp³-hybridized carbons (Fsp3) is 0.136. The Morgan fingerprint density at radius 2 is 1.89 bits per heavy atom. The van der Waals surface area contributed by atoms with Gasteiger partial charge in [0.05, 0.1) is 10.2 Å². The second-order valence-electron chi connectivity index (χ2n) is 6.70. The Morgan fingerprint density at radius 1 is 1.11 bits per heavy atom. The standard InChI is InChI=1S/C22H18ClFN2OS/c1-25(13-15-5-7-17(23)8-6-15)22(27)20-12-21-19(9-10-28-21)26(20)14-16-3-2-4-18(24)11-16/h2-12H,13-14H2,1H3. The van der Waals surface area contributed by atoms with Crippen LogP contribution in [-0.2, 0) is 13.1 Å². The summed E-state index contributed by atoms with van der Waals surface area (Å²) in [5.74, 6) is -0.353. The fourth-order valence-corrected chi connectivity index (χ4v) is 4.22. The Kier molecular flexibility index (Phi) is 5.20. The van der Waals surface area contributed by atoms with Crippen molar-refractivity contribution in [3.05, 3.63) is 93.7 Å². The third-order valence-electron chi connectivity index (χ3n) is 4.65. The van der Waals surface area contributed by atoms with Crippen molar-refractivity contribution in [2.45, 2.75) is 13.1 Å². The van der Waals surface area contributed by atoms with Crippen LogP contribution in [-0.4, -0.2) is 22.4 Å². The third-order valence-corrected chi connectivity index (χ3v) is 5.76. The molecule has 3 nitrogen and oxygen atoms in total. The lowest BCUT2D eigenvalue weighted by atomic mass is 10.2. The largest absolute Gasteiger partial charge is 0.336 e. The number of amides is 1. The number of hydrogen-bond donors (Lipinski definition) is 0. The molecule has 0 saturated heterocycles. The summed E-state index contributed by atoms with van der Waals surface area (Å²) in [6.07, 6.45) is 0. The molecule has 0 saturated carbocycles. The van der Waals surface area contributed by atoms with Crippen molar-refractivity contribution in [2.24, 2.45) is 0 Å². The molecule has 0 radical (unpaired) electrons. The van der Waals surface area contributed by atoms with Crippen molar-refractivity contribution >= 4 is 39.1 Å². The molecule has 0 aliphatic heterocycles. The van der Waals surface area contributed by atoms with E-state index < -0.39 is 0 Å². The lowest BCUT2D eigenvalue weighted by Crippen LogP contribution is -2.28. The van der Waals surface area contributed by atoms with Crippen LogP contribution >= 0.6 is 22.9 Å². The number of aromatic nitrogens is 1. The van der Waals surface area contributed by atoms with E-state index in [1.165, 1.54) is 12.1 Å². The van der Waals surface area contributed by atoms with Crippen molar-refractivity contribution < 1.29 is 9.18 Å². The SMILES string of the molecule is CN(Cc1ccc(Cl)cc1)C(=O)c1cc2sccc2n1Cc1cccc(F)c1. The van der Waals surface area contributed by atoms with Gasteiger partial charge in [-0.2, -0.15) is 0 Å². The molecule has 2 aromatic carbocycles. The summed E-state index contributed by atoms with van der Waals surface area (Å²) in [6.45, 7) is 0.919. The first-order valence-electron chi connectivity index (χ1n) is 8.82. The van der Waals surface area contributed by atoms with Gasteiger partial charge >= 0.3 is 0 Å². The smallest absolute Gasteiger partial charge is 0.270 e. The van der Waals surface area contributed by atoms with E-state index in [0.717, 1.165) is 21.3 Å². The molecule has 28 heavy (non-hydrogen) atoms. The molecule has 0 unspecified atom stereocenters. The molecule has 142 valence electrons. The summed E-state index contributed by atoms with van der Waals surface area (Å²) < 4.78 is 16.6. The zero-order valence-corrected chi connectivity index (χ0v) is 16.8. The number of nitrogens with zero attached hydrogens (tertiary/aromatic N) is 2. The number of carbonyl (C=O) groups excluding carboxylic acids is 1.